The fourth-order valence-electron chi connectivity index (χ4n) is 5.29. The summed E-state index contributed by atoms with van der Waals surface area (Å²) in [5.74, 6) is -8.64. The van der Waals surface area contributed by atoms with E-state index in [4.69, 9.17) is 10.8 Å². The van der Waals surface area contributed by atoms with E-state index < -0.39 is 108 Å². The van der Waals surface area contributed by atoms with E-state index in [1.807, 2.05) is 0 Å². The molecule has 20 nitrogen and oxygen atoms in total. The number of benzene rings is 1. The molecule has 1 aromatic carbocycles. The highest BCUT2D eigenvalue weighted by Gasteiger charge is 2.39. The number of phenols is 1. The number of carbonyl (C=O) groups is 9. The minimum Gasteiger partial charge on any atom is -0.508 e. The minimum atomic E-state index is -1.51. The number of rotatable bonds is 20. The molecule has 1 aliphatic rings. The third-order valence-electron chi connectivity index (χ3n) is 8.35. The van der Waals surface area contributed by atoms with Crippen LogP contribution in [0.4, 0.5) is 0 Å². The van der Waals surface area contributed by atoms with Gasteiger partial charge in [-0.25, -0.2) is 4.79 Å². The standard InChI is InChI=1S/C33H47N7O13/c1-16(27(46)36-18(3)29(48)39-23(33(52)53)11-13-26(44)45)35-28(47)17(2)37-31(50)24-5-4-14-40(24)32(51)22(10-12-25(42)43)38-30(49)21(34)15-19-6-8-20(41)9-7-19/h6-9,16-18,21-24,41H,4-5,10-15,34H2,1-3H3,(H,35,47)(H,36,46)(H,37,50)(H,38,49)(H,39,48)(H,42,43)(H,44,45)(H,52,53)/t16-,17-,18-,21-,22-,23-,24-/m0/s1. The Hall–Kier alpha value is -5.79. The van der Waals surface area contributed by atoms with Crippen LogP contribution in [0, 0.1) is 0 Å². The summed E-state index contributed by atoms with van der Waals surface area (Å²) in [6.07, 6.45) is -1.03. The number of carbonyl (C=O) groups excluding carboxylic acids is 6. The molecule has 292 valence electrons. The maximum Gasteiger partial charge on any atom is 0.326 e. The maximum absolute atomic E-state index is 13.6. The van der Waals surface area contributed by atoms with Gasteiger partial charge in [0.1, 0.15) is 42.0 Å². The number of aliphatic carboxylic acids is 3. The van der Waals surface area contributed by atoms with Crippen molar-refractivity contribution in [1.29, 1.82) is 0 Å². The topological polar surface area (TPSA) is 324 Å². The molecule has 0 saturated carbocycles. The second kappa shape index (κ2) is 20.3. The van der Waals surface area contributed by atoms with Gasteiger partial charge >= 0.3 is 17.9 Å². The van der Waals surface area contributed by atoms with Gasteiger partial charge in [-0.15, -0.1) is 0 Å². The number of nitrogens with one attached hydrogen (secondary N) is 5. The third-order valence-corrected chi connectivity index (χ3v) is 8.35. The average molecular weight is 750 g/mol. The van der Waals surface area contributed by atoms with Crippen molar-refractivity contribution in [2.45, 2.75) is 108 Å². The van der Waals surface area contributed by atoms with Crippen molar-refractivity contribution in [3.63, 3.8) is 0 Å². The molecule has 1 heterocycles. The van der Waals surface area contributed by atoms with Crippen LogP contribution in [0.3, 0.4) is 0 Å². The van der Waals surface area contributed by atoms with E-state index in [-0.39, 0.29) is 38.0 Å². The van der Waals surface area contributed by atoms with Crippen LogP contribution in [0.25, 0.3) is 0 Å². The van der Waals surface area contributed by atoms with Crippen LogP contribution >= 0.6 is 0 Å². The fourth-order valence-corrected chi connectivity index (χ4v) is 5.29. The monoisotopic (exact) mass is 749 g/mol. The molecule has 11 N–H and O–H groups in total. The zero-order chi connectivity index (χ0) is 40.0. The van der Waals surface area contributed by atoms with Crippen LogP contribution in [-0.4, -0.2) is 128 Å². The van der Waals surface area contributed by atoms with Crippen molar-refractivity contribution in [2.75, 3.05) is 6.54 Å². The molecule has 53 heavy (non-hydrogen) atoms. The van der Waals surface area contributed by atoms with E-state index in [0.29, 0.717) is 12.0 Å². The average Bonchev–Trinajstić information content (AvgIpc) is 3.58. The number of likely N-dealkylation sites (tertiary alicyclic amines) is 1. The Kier molecular flexibility index (Phi) is 16.6. The molecule has 20 heteroatoms. The molecule has 1 saturated heterocycles. The van der Waals surface area contributed by atoms with Crippen molar-refractivity contribution in [2.24, 2.45) is 5.73 Å². The summed E-state index contributed by atoms with van der Waals surface area (Å²) in [7, 11) is 0. The summed E-state index contributed by atoms with van der Waals surface area (Å²) in [5.41, 5.74) is 6.67. The first kappa shape index (κ1) is 43.4. The Morgan fingerprint density at radius 2 is 1.19 bits per heavy atom. The number of nitrogens with two attached hydrogens (primary N) is 1. The highest BCUT2D eigenvalue weighted by molar-refractivity contribution is 5.97. The quantitative estimate of drug-likeness (QED) is 0.0662. The molecule has 1 fully saturated rings. The Morgan fingerprint density at radius 1 is 0.717 bits per heavy atom. The van der Waals surface area contributed by atoms with Crippen LogP contribution in [0.1, 0.15) is 64.9 Å². The predicted octanol–water partition coefficient (Wildman–Crippen LogP) is -2.45. The molecular weight excluding hydrogens is 702 g/mol. The molecule has 0 bridgehead atoms. The van der Waals surface area contributed by atoms with Gasteiger partial charge in [0, 0.05) is 19.4 Å². The molecule has 1 aromatic rings. The normalized spacial score (nSPS) is 17.1. The van der Waals surface area contributed by atoms with Gasteiger partial charge in [-0.05, 0) is 70.6 Å². The molecule has 0 radical (unpaired) electrons. The zero-order valence-corrected chi connectivity index (χ0v) is 29.5. The molecule has 0 aliphatic carbocycles. The summed E-state index contributed by atoms with van der Waals surface area (Å²) >= 11 is 0. The van der Waals surface area contributed by atoms with E-state index in [1.54, 1.807) is 12.1 Å². The van der Waals surface area contributed by atoms with E-state index in [9.17, 15) is 58.5 Å². The first-order valence-electron chi connectivity index (χ1n) is 16.8. The highest BCUT2D eigenvalue weighted by Crippen LogP contribution is 2.20. The molecule has 7 atom stereocenters. The van der Waals surface area contributed by atoms with Crippen molar-refractivity contribution < 1.29 is 63.6 Å². The van der Waals surface area contributed by atoms with E-state index in [0.717, 1.165) is 0 Å². The second-order valence-corrected chi connectivity index (χ2v) is 12.7. The van der Waals surface area contributed by atoms with Crippen molar-refractivity contribution >= 4 is 53.4 Å². The first-order chi connectivity index (χ1) is 24.8. The van der Waals surface area contributed by atoms with Gasteiger partial charge in [0.2, 0.25) is 35.4 Å². The van der Waals surface area contributed by atoms with E-state index >= 15 is 0 Å². The van der Waals surface area contributed by atoms with Crippen molar-refractivity contribution in [3.8, 4) is 5.75 Å². The summed E-state index contributed by atoms with van der Waals surface area (Å²) in [6, 6.07) is -2.79. The van der Waals surface area contributed by atoms with Crippen LogP contribution in [-0.2, 0) is 49.6 Å². The lowest BCUT2D eigenvalue weighted by Crippen LogP contribution is -2.58. The van der Waals surface area contributed by atoms with Crippen LogP contribution < -0.4 is 32.3 Å². The Bertz CT molecular complexity index is 1540. The molecule has 0 aromatic heterocycles. The van der Waals surface area contributed by atoms with Gasteiger partial charge in [0.05, 0.1) is 6.04 Å². The summed E-state index contributed by atoms with van der Waals surface area (Å²) in [5, 5.41) is 48.5. The number of amides is 6. The summed E-state index contributed by atoms with van der Waals surface area (Å²) < 4.78 is 0. The number of carboxylic acids is 3. The lowest BCUT2D eigenvalue weighted by atomic mass is 10.0. The van der Waals surface area contributed by atoms with E-state index in [1.165, 1.54) is 37.8 Å². The number of hydrogen-bond donors (Lipinski definition) is 10. The summed E-state index contributed by atoms with van der Waals surface area (Å²) in [4.78, 5) is 112. The number of phenolic OH excluding ortho intramolecular Hbond substituents is 1. The van der Waals surface area contributed by atoms with Crippen molar-refractivity contribution in [1.82, 2.24) is 31.5 Å². The van der Waals surface area contributed by atoms with Gasteiger partial charge in [0.25, 0.3) is 0 Å². The SMILES string of the molecule is C[C@H](NC(=O)[C@H](C)NC(=O)[C@@H]1CCCN1C(=O)[C@H](CCC(=O)O)NC(=O)[C@@H](N)Cc1ccc(O)cc1)C(=O)N[C@@H](C)C(=O)N[C@@H](CCC(=O)O)C(=O)O. The van der Waals surface area contributed by atoms with Crippen LogP contribution in [0.5, 0.6) is 5.75 Å². The van der Waals surface area contributed by atoms with Gasteiger partial charge in [-0.2, -0.15) is 0 Å². The first-order valence-corrected chi connectivity index (χ1v) is 16.8. The van der Waals surface area contributed by atoms with Gasteiger partial charge in [0.15, 0.2) is 0 Å². The highest BCUT2D eigenvalue weighted by atomic mass is 16.4. The second-order valence-electron chi connectivity index (χ2n) is 12.7. The van der Waals surface area contributed by atoms with Crippen LogP contribution in [0.2, 0.25) is 0 Å². The largest absolute Gasteiger partial charge is 0.508 e. The lowest BCUT2D eigenvalue weighted by Gasteiger charge is -2.30. The Morgan fingerprint density at radius 3 is 1.70 bits per heavy atom. The van der Waals surface area contributed by atoms with Crippen molar-refractivity contribution in [3.05, 3.63) is 29.8 Å². The number of aromatic hydroxyl groups is 1. The van der Waals surface area contributed by atoms with E-state index in [2.05, 4.69) is 26.6 Å². The number of carboxylic acid groups (broad SMARTS) is 3. The maximum atomic E-state index is 13.6. The lowest BCUT2D eigenvalue weighted by molar-refractivity contribution is -0.144. The minimum absolute atomic E-state index is 0.0181. The summed E-state index contributed by atoms with van der Waals surface area (Å²) in [6.45, 7) is 3.97. The Balaban J connectivity index is 1.99. The molecule has 6 amide bonds. The smallest absolute Gasteiger partial charge is 0.326 e. The predicted molar refractivity (Wildman–Crippen MR) is 183 cm³/mol. The fraction of sp³-hybridized carbons (Fsp3) is 0.545. The third kappa shape index (κ3) is 14.0. The van der Waals surface area contributed by atoms with Gasteiger partial charge < -0.3 is 57.6 Å². The van der Waals surface area contributed by atoms with Gasteiger partial charge in [-0.3, -0.25) is 38.4 Å². The molecule has 1 aliphatic heterocycles. The Labute approximate surface area is 304 Å². The number of hydrogen-bond acceptors (Lipinski definition) is 11. The van der Waals surface area contributed by atoms with Gasteiger partial charge in [-0.1, -0.05) is 12.1 Å². The number of nitrogens with zero attached hydrogens (tertiary/aromatic N) is 1. The molecular formula is C33H47N7O13. The molecule has 0 spiro atoms. The molecule has 0 unspecified atom stereocenters. The zero-order valence-electron chi connectivity index (χ0n) is 29.5. The van der Waals surface area contributed by atoms with Crippen LogP contribution in [0.15, 0.2) is 24.3 Å². The molecule has 2 rings (SSSR count).